The number of aryl methyl sites for hydroxylation is 1. The van der Waals surface area contributed by atoms with Gasteiger partial charge in [0.1, 0.15) is 28.1 Å². The van der Waals surface area contributed by atoms with Gasteiger partial charge < -0.3 is 14.6 Å². The molecule has 2 aromatic carbocycles. The Kier molecular flexibility index (Phi) is 5.24. The van der Waals surface area contributed by atoms with Gasteiger partial charge in [-0.05, 0) is 25.1 Å². The van der Waals surface area contributed by atoms with E-state index < -0.39 is 18.5 Å². The zero-order valence-electron chi connectivity index (χ0n) is 15.0. The quantitative estimate of drug-likeness (QED) is 0.476. The Labute approximate surface area is 173 Å². The van der Waals surface area contributed by atoms with E-state index in [9.17, 15) is 9.59 Å². The lowest BCUT2D eigenvalue weighted by Crippen LogP contribution is -2.21. The Morgan fingerprint density at radius 3 is 2.83 bits per heavy atom. The average Bonchev–Trinajstić information content (AvgIpc) is 3.34. The number of esters is 1. The van der Waals surface area contributed by atoms with Crippen molar-refractivity contribution in [2.24, 2.45) is 0 Å². The van der Waals surface area contributed by atoms with Crippen LogP contribution in [0.2, 0.25) is 5.02 Å². The van der Waals surface area contributed by atoms with E-state index in [4.69, 9.17) is 20.9 Å². The van der Waals surface area contributed by atoms with E-state index >= 15 is 0 Å². The molecule has 0 spiro atoms. The number of carbonyl (C=O) groups is 2. The van der Waals surface area contributed by atoms with Crippen LogP contribution in [-0.4, -0.2) is 32.4 Å². The molecule has 0 aliphatic heterocycles. The number of nitrogens with zero attached hydrogens (tertiary/aromatic N) is 3. The summed E-state index contributed by atoms with van der Waals surface area (Å²) >= 11 is 7.24. The van der Waals surface area contributed by atoms with Gasteiger partial charge in [-0.3, -0.25) is 4.79 Å². The van der Waals surface area contributed by atoms with Crippen molar-refractivity contribution in [1.29, 1.82) is 0 Å². The summed E-state index contributed by atoms with van der Waals surface area (Å²) < 4.78 is 18.6. The predicted molar refractivity (Wildman–Crippen MR) is 108 cm³/mol. The molecule has 2 aromatic heterocycles. The third kappa shape index (κ3) is 3.82. The van der Waals surface area contributed by atoms with Gasteiger partial charge in [-0.1, -0.05) is 41.0 Å². The van der Waals surface area contributed by atoms with E-state index in [0.717, 1.165) is 11.7 Å². The summed E-state index contributed by atoms with van der Waals surface area (Å²) in [6, 6.07) is 12.2. The maximum absolute atomic E-state index is 12.6. The van der Waals surface area contributed by atoms with Crippen molar-refractivity contribution in [1.82, 2.24) is 13.9 Å². The molecule has 0 radical (unpaired) electrons. The van der Waals surface area contributed by atoms with Crippen molar-refractivity contribution in [3.63, 3.8) is 0 Å². The number of rotatable bonds is 5. The number of ether oxygens (including phenoxy) is 1. The summed E-state index contributed by atoms with van der Waals surface area (Å²) in [4.78, 5) is 24.8. The molecule has 0 atom stereocenters. The highest BCUT2D eigenvalue weighted by Crippen LogP contribution is 2.31. The number of nitrogens with one attached hydrogen (secondary N) is 1. The van der Waals surface area contributed by atoms with Crippen molar-refractivity contribution >= 4 is 51.9 Å². The number of carbonyl (C=O) groups excluding carboxylic acids is 2. The number of halogens is 1. The molecular formula is C19H13ClN4O4S. The molecule has 4 rings (SSSR count). The highest BCUT2D eigenvalue weighted by Gasteiger charge is 2.25. The number of hydrogen-bond acceptors (Lipinski definition) is 8. The molecule has 8 nitrogen and oxygen atoms in total. The molecule has 0 aliphatic carbocycles. The number of fused-ring (bicyclic) bond motifs is 1. The average molecular weight is 429 g/mol. The summed E-state index contributed by atoms with van der Waals surface area (Å²) in [5.41, 5.74) is 2.66. The summed E-state index contributed by atoms with van der Waals surface area (Å²) in [6.07, 6.45) is 0. The Balaban J connectivity index is 1.48. The summed E-state index contributed by atoms with van der Waals surface area (Å²) in [5, 5.41) is 7.00. The van der Waals surface area contributed by atoms with Crippen LogP contribution in [0.25, 0.3) is 22.3 Å². The molecule has 0 saturated carbocycles. The van der Waals surface area contributed by atoms with Crippen LogP contribution < -0.4 is 5.32 Å². The Morgan fingerprint density at radius 1 is 1.17 bits per heavy atom. The highest BCUT2D eigenvalue weighted by atomic mass is 35.5. The maximum Gasteiger partial charge on any atom is 0.344 e. The van der Waals surface area contributed by atoms with Crippen LogP contribution in [-0.2, 0) is 9.53 Å². The first-order chi connectivity index (χ1) is 14.0. The first-order valence-corrected chi connectivity index (χ1v) is 9.55. The van der Waals surface area contributed by atoms with Crippen LogP contribution in [0.1, 0.15) is 16.1 Å². The van der Waals surface area contributed by atoms with Crippen LogP contribution in [0, 0.1) is 6.92 Å². The molecule has 4 aromatic rings. The number of benzene rings is 2. The van der Waals surface area contributed by atoms with Gasteiger partial charge in [-0.2, -0.15) is 8.75 Å². The molecule has 146 valence electrons. The zero-order valence-corrected chi connectivity index (χ0v) is 16.6. The number of aromatic nitrogens is 3. The molecule has 0 aliphatic rings. The van der Waals surface area contributed by atoms with E-state index in [2.05, 4.69) is 19.2 Å². The van der Waals surface area contributed by atoms with E-state index in [1.807, 2.05) is 0 Å². The fraction of sp³-hybridized carbons (Fsp3) is 0.105. The van der Waals surface area contributed by atoms with Gasteiger partial charge >= 0.3 is 5.97 Å². The molecule has 0 fully saturated rings. The zero-order chi connectivity index (χ0) is 20.4. The van der Waals surface area contributed by atoms with Crippen molar-refractivity contribution in [3.8, 4) is 11.3 Å². The lowest BCUT2D eigenvalue weighted by Gasteiger charge is -2.07. The van der Waals surface area contributed by atoms with Gasteiger partial charge in [0.05, 0.1) is 22.4 Å². The number of hydrogen-bond donors (Lipinski definition) is 1. The summed E-state index contributed by atoms with van der Waals surface area (Å²) in [5.74, 6) is -0.974. The van der Waals surface area contributed by atoms with E-state index in [-0.39, 0.29) is 17.0 Å². The topological polar surface area (TPSA) is 107 Å². The minimum Gasteiger partial charge on any atom is -0.452 e. The van der Waals surface area contributed by atoms with Crippen LogP contribution in [0.15, 0.2) is 47.0 Å². The van der Waals surface area contributed by atoms with Crippen molar-refractivity contribution in [3.05, 3.63) is 58.8 Å². The second-order valence-corrected chi connectivity index (χ2v) is 6.94. The van der Waals surface area contributed by atoms with Gasteiger partial charge in [0.2, 0.25) is 0 Å². The summed E-state index contributed by atoms with van der Waals surface area (Å²) in [7, 11) is 0. The second-order valence-electron chi connectivity index (χ2n) is 6.00. The third-order valence-corrected chi connectivity index (χ3v) is 4.96. The fourth-order valence-corrected chi connectivity index (χ4v) is 3.52. The van der Waals surface area contributed by atoms with Gasteiger partial charge in [-0.15, -0.1) is 0 Å². The standard InChI is InChI=1S/C19H13ClN4O4S/c1-10-16(17(22-28-10)11-5-2-3-6-12(11)20)19(26)27-9-15(25)21-13-7-4-8-14-18(13)24-29-23-14/h2-8H,9H2,1H3,(H,21,25). The van der Waals surface area contributed by atoms with E-state index in [1.165, 1.54) is 0 Å². The first kappa shape index (κ1) is 19.0. The van der Waals surface area contributed by atoms with Gasteiger partial charge in [0, 0.05) is 5.56 Å². The van der Waals surface area contributed by atoms with Crippen molar-refractivity contribution in [2.45, 2.75) is 6.92 Å². The van der Waals surface area contributed by atoms with Crippen LogP contribution in [0.5, 0.6) is 0 Å². The Bertz CT molecular complexity index is 1220. The van der Waals surface area contributed by atoms with Gasteiger partial charge in [-0.25, -0.2) is 4.79 Å². The lowest BCUT2D eigenvalue weighted by molar-refractivity contribution is -0.119. The highest BCUT2D eigenvalue weighted by molar-refractivity contribution is 7.00. The van der Waals surface area contributed by atoms with Gasteiger partial charge in [0.25, 0.3) is 5.91 Å². The minimum atomic E-state index is -0.734. The van der Waals surface area contributed by atoms with E-state index in [1.54, 1.807) is 49.4 Å². The monoisotopic (exact) mass is 428 g/mol. The van der Waals surface area contributed by atoms with Crippen molar-refractivity contribution < 1.29 is 18.8 Å². The molecule has 0 unspecified atom stereocenters. The molecule has 0 saturated heterocycles. The third-order valence-electron chi connectivity index (χ3n) is 4.09. The van der Waals surface area contributed by atoms with E-state index in [0.29, 0.717) is 27.3 Å². The Morgan fingerprint density at radius 2 is 2.00 bits per heavy atom. The van der Waals surface area contributed by atoms with Crippen LogP contribution >= 0.6 is 23.3 Å². The smallest absolute Gasteiger partial charge is 0.344 e. The van der Waals surface area contributed by atoms with Crippen LogP contribution in [0.4, 0.5) is 5.69 Å². The lowest BCUT2D eigenvalue weighted by atomic mass is 10.1. The number of anilines is 1. The second kappa shape index (κ2) is 7.98. The largest absolute Gasteiger partial charge is 0.452 e. The van der Waals surface area contributed by atoms with Crippen LogP contribution in [0.3, 0.4) is 0 Å². The molecular weight excluding hydrogens is 416 g/mol. The maximum atomic E-state index is 12.6. The first-order valence-electron chi connectivity index (χ1n) is 8.44. The molecule has 0 bridgehead atoms. The molecule has 29 heavy (non-hydrogen) atoms. The number of amides is 1. The molecule has 1 N–H and O–H groups in total. The minimum absolute atomic E-state index is 0.122. The SMILES string of the molecule is Cc1onc(-c2ccccc2Cl)c1C(=O)OCC(=O)Nc1cccc2nsnc12. The predicted octanol–water partition coefficient (Wildman–Crippen LogP) is 4.10. The fourth-order valence-electron chi connectivity index (χ4n) is 2.75. The summed E-state index contributed by atoms with van der Waals surface area (Å²) in [6.45, 7) is 1.10. The van der Waals surface area contributed by atoms with Gasteiger partial charge in [0.15, 0.2) is 6.61 Å². The molecule has 2 heterocycles. The normalized spacial score (nSPS) is 10.8. The Hall–Kier alpha value is -3.30. The molecule has 10 heteroatoms. The van der Waals surface area contributed by atoms with Crippen molar-refractivity contribution in [2.75, 3.05) is 11.9 Å². The molecule has 1 amide bonds.